The first-order valence-electron chi connectivity index (χ1n) is 10.5. The van der Waals surface area contributed by atoms with Crippen LogP contribution in [0, 0.1) is 0 Å². The first kappa shape index (κ1) is 17.9. The number of para-hydroxylation sites is 1. The van der Waals surface area contributed by atoms with E-state index in [1.165, 1.54) is 5.56 Å². The van der Waals surface area contributed by atoms with Crippen molar-refractivity contribution in [1.29, 1.82) is 0 Å². The van der Waals surface area contributed by atoms with Crippen molar-refractivity contribution in [1.82, 2.24) is 9.55 Å². The molecule has 0 aliphatic heterocycles. The lowest BCUT2D eigenvalue weighted by Crippen LogP contribution is -2.12. The van der Waals surface area contributed by atoms with Crippen molar-refractivity contribution in [2.75, 3.05) is 19.0 Å². The molecular formula is C27H21N3O. The summed E-state index contributed by atoms with van der Waals surface area (Å²) in [4.78, 5) is 20.6. The van der Waals surface area contributed by atoms with Crippen LogP contribution in [0.15, 0.2) is 78.9 Å². The van der Waals surface area contributed by atoms with Crippen molar-refractivity contribution in [3.8, 4) is 11.3 Å². The second-order valence-electron chi connectivity index (χ2n) is 8.24. The Bertz CT molecular complexity index is 1500. The maximum atomic E-state index is 13.6. The van der Waals surface area contributed by atoms with E-state index < -0.39 is 0 Å². The van der Waals surface area contributed by atoms with Crippen LogP contribution in [0.25, 0.3) is 33.1 Å². The fourth-order valence-electron chi connectivity index (χ4n) is 4.83. The van der Waals surface area contributed by atoms with Gasteiger partial charge in [0.25, 0.3) is 0 Å². The molecule has 0 atom stereocenters. The smallest absolute Gasteiger partial charge is 0.196 e. The molecule has 2 aromatic heterocycles. The van der Waals surface area contributed by atoms with Crippen molar-refractivity contribution in [3.63, 3.8) is 0 Å². The number of carbonyl (C=O) groups is 1. The van der Waals surface area contributed by atoms with Gasteiger partial charge in [-0.2, -0.15) is 0 Å². The Morgan fingerprint density at radius 3 is 2.29 bits per heavy atom. The minimum atomic E-state index is 0.0857. The molecule has 0 saturated carbocycles. The first-order valence-corrected chi connectivity index (χ1v) is 10.5. The Morgan fingerprint density at radius 2 is 1.52 bits per heavy atom. The van der Waals surface area contributed by atoms with E-state index in [1.54, 1.807) is 0 Å². The molecule has 6 rings (SSSR count). The number of ketones is 1. The van der Waals surface area contributed by atoms with Gasteiger partial charge in [-0.1, -0.05) is 72.8 Å². The Labute approximate surface area is 180 Å². The van der Waals surface area contributed by atoms with E-state index in [-0.39, 0.29) is 5.78 Å². The number of fused-ring (bicyclic) bond motifs is 7. The normalized spacial score (nSPS) is 12.4. The van der Waals surface area contributed by atoms with Crippen LogP contribution >= 0.6 is 0 Å². The molecule has 0 N–H and O–H groups in total. The average Bonchev–Trinajstić information content (AvgIpc) is 3.28. The number of pyridine rings is 1. The number of hydrogen-bond donors (Lipinski definition) is 0. The molecular weight excluding hydrogens is 382 g/mol. The highest BCUT2D eigenvalue weighted by molar-refractivity contribution is 6.31. The highest BCUT2D eigenvalue weighted by Gasteiger charge is 2.35. The minimum Gasteiger partial charge on any atom is -0.362 e. The Balaban J connectivity index is 1.82. The Kier molecular flexibility index (Phi) is 3.78. The van der Waals surface area contributed by atoms with Gasteiger partial charge < -0.3 is 9.47 Å². The van der Waals surface area contributed by atoms with E-state index in [2.05, 4.69) is 41.0 Å². The Morgan fingerprint density at radius 1 is 0.839 bits per heavy atom. The highest BCUT2D eigenvalue weighted by atomic mass is 16.1. The van der Waals surface area contributed by atoms with Crippen LogP contribution < -0.4 is 4.90 Å². The minimum absolute atomic E-state index is 0.0857. The standard InChI is InChI=1S/C27H21N3O/c1-29(2)27-23-22-24(18-12-6-7-13-19(18)26(22)31)30(16-17-10-4-3-5-11-17)25(23)20-14-8-9-15-21(20)28-27/h3-15H,16H2,1-2H3. The van der Waals surface area contributed by atoms with Crippen LogP contribution in [0.5, 0.6) is 0 Å². The van der Waals surface area contributed by atoms with Crippen LogP contribution in [0.1, 0.15) is 21.5 Å². The average molecular weight is 403 g/mol. The maximum absolute atomic E-state index is 13.6. The van der Waals surface area contributed by atoms with E-state index in [0.29, 0.717) is 6.54 Å². The molecule has 1 aliphatic rings. The lowest BCUT2D eigenvalue weighted by atomic mass is 10.1. The van der Waals surface area contributed by atoms with Gasteiger partial charge in [-0.25, -0.2) is 4.98 Å². The van der Waals surface area contributed by atoms with Gasteiger partial charge in [0, 0.05) is 37.2 Å². The zero-order valence-corrected chi connectivity index (χ0v) is 17.5. The van der Waals surface area contributed by atoms with Crippen molar-refractivity contribution < 1.29 is 4.79 Å². The summed E-state index contributed by atoms with van der Waals surface area (Å²) in [6, 6.07) is 26.6. The predicted octanol–water partition coefficient (Wildman–Crippen LogP) is 5.52. The van der Waals surface area contributed by atoms with Crippen LogP contribution in [0.3, 0.4) is 0 Å². The number of benzene rings is 3. The molecule has 1 aliphatic carbocycles. The van der Waals surface area contributed by atoms with E-state index in [9.17, 15) is 4.79 Å². The molecule has 0 amide bonds. The number of rotatable bonds is 3. The fraction of sp³-hybridized carbons (Fsp3) is 0.111. The largest absolute Gasteiger partial charge is 0.362 e. The summed E-state index contributed by atoms with van der Waals surface area (Å²) in [6.07, 6.45) is 0. The molecule has 0 radical (unpaired) electrons. The number of aromatic nitrogens is 2. The SMILES string of the molecule is CN(C)c1nc2ccccc2c2c1c1c(n2Cc2ccccc2)-c2ccccc2C1=O. The van der Waals surface area contributed by atoms with Crippen LogP contribution in [-0.4, -0.2) is 29.4 Å². The molecule has 0 saturated heterocycles. The molecule has 0 unspecified atom stereocenters. The second-order valence-corrected chi connectivity index (χ2v) is 8.24. The number of carbonyl (C=O) groups excluding carboxylic acids is 1. The molecule has 0 spiro atoms. The van der Waals surface area contributed by atoms with E-state index >= 15 is 0 Å². The molecule has 2 heterocycles. The van der Waals surface area contributed by atoms with Crippen molar-refractivity contribution in [2.45, 2.75) is 6.54 Å². The van der Waals surface area contributed by atoms with Crippen molar-refractivity contribution in [3.05, 3.63) is 95.6 Å². The maximum Gasteiger partial charge on any atom is 0.196 e. The third-order valence-electron chi connectivity index (χ3n) is 6.13. The predicted molar refractivity (Wildman–Crippen MR) is 126 cm³/mol. The summed E-state index contributed by atoms with van der Waals surface area (Å²) >= 11 is 0. The summed E-state index contributed by atoms with van der Waals surface area (Å²) in [5.41, 5.74) is 6.76. The number of nitrogens with zero attached hydrogens (tertiary/aromatic N) is 3. The molecule has 31 heavy (non-hydrogen) atoms. The van der Waals surface area contributed by atoms with Gasteiger partial charge in [0.15, 0.2) is 5.78 Å². The second kappa shape index (κ2) is 6.54. The lowest BCUT2D eigenvalue weighted by molar-refractivity contribution is 0.104. The number of hydrogen-bond acceptors (Lipinski definition) is 3. The number of anilines is 1. The zero-order valence-electron chi connectivity index (χ0n) is 17.5. The van der Waals surface area contributed by atoms with Gasteiger partial charge in [0.2, 0.25) is 0 Å². The summed E-state index contributed by atoms with van der Waals surface area (Å²) < 4.78 is 2.32. The highest BCUT2D eigenvalue weighted by Crippen LogP contribution is 2.47. The molecule has 5 aromatic rings. The van der Waals surface area contributed by atoms with Gasteiger partial charge in [0.05, 0.1) is 27.7 Å². The monoisotopic (exact) mass is 403 g/mol. The molecule has 0 fully saturated rings. The molecule has 0 bridgehead atoms. The van der Waals surface area contributed by atoms with E-state index in [1.807, 2.05) is 61.5 Å². The summed E-state index contributed by atoms with van der Waals surface area (Å²) in [7, 11) is 3.98. The van der Waals surface area contributed by atoms with Crippen molar-refractivity contribution in [2.24, 2.45) is 0 Å². The van der Waals surface area contributed by atoms with Crippen molar-refractivity contribution >= 4 is 33.4 Å². The Hall–Kier alpha value is -3.92. The van der Waals surface area contributed by atoms with Gasteiger partial charge in [0.1, 0.15) is 5.82 Å². The van der Waals surface area contributed by atoms with Gasteiger partial charge in [-0.05, 0) is 11.6 Å². The summed E-state index contributed by atoms with van der Waals surface area (Å²) in [5, 5.41) is 2.01. The fourth-order valence-corrected chi connectivity index (χ4v) is 4.83. The first-order chi connectivity index (χ1) is 15.1. The summed E-state index contributed by atoms with van der Waals surface area (Å²) in [5.74, 6) is 0.917. The van der Waals surface area contributed by atoms with Crippen LogP contribution in [-0.2, 0) is 6.54 Å². The van der Waals surface area contributed by atoms with Crippen LogP contribution in [0.2, 0.25) is 0 Å². The third-order valence-corrected chi connectivity index (χ3v) is 6.13. The van der Waals surface area contributed by atoms with Gasteiger partial charge in [-0.3, -0.25) is 4.79 Å². The lowest BCUT2D eigenvalue weighted by Gasteiger charge is -2.17. The molecule has 150 valence electrons. The molecule has 4 nitrogen and oxygen atoms in total. The zero-order chi connectivity index (χ0) is 21.1. The van der Waals surface area contributed by atoms with Gasteiger partial charge in [-0.15, -0.1) is 0 Å². The molecule has 4 heteroatoms. The van der Waals surface area contributed by atoms with E-state index in [4.69, 9.17) is 4.98 Å². The van der Waals surface area contributed by atoms with Crippen LogP contribution in [0.4, 0.5) is 5.82 Å². The third kappa shape index (κ3) is 2.48. The molecule has 3 aromatic carbocycles. The quantitative estimate of drug-likeness (QED) is 0.391. The van der Waals surface area contributed by atoms with Gasteiger partial charge >= 0.3 is 0 Å². The topological polar surface area (TPSA) is 38.1 Å². The van der Waals surface area contributed by atoms with E-state index in [0.717, 1.165) is 50.0 Å². The summed E-state index contributed by atoms with van der Waals surface area (Å²) in [6.45, 7) is 0.690.